The Labute approximate surface area is 136 Å². The van der Waals surface area contributed by atoms with E-state index in [4.69, 9.17) is 4.52 Å². The van der Waals surface area contributed by atoms with Crippen LogP contribution in [0.3, 0.4) is 0 Å². The van der Waals surface area contributed by atoms with Gasteiger partial charge in [0.2, 0.25) is 10.0 Å². The van der Waals surface area contributed by atoms with Crippen molar-refractivity contribution in [2.75, 3.05) is 26.7 Å². The maximum Gasteiger partial charge on any atom is 0.248 e. The van der Waals surface area contributed by atoms with Crippen molar-refractivity contribution in [3.8, 4) is 0 Å². The number of aryl methyl sites for hydroxylation is 2. The number of rotatable bonds is 3. The van der Waals surface area contributed by atoms with Gasteiger partial charge in [-0.2, -0.15) is 4.31 Å². The third kappa shape index (κ3) is 2.91. The monoisotopic (exact) mass is 335 g/mol. The summed E-state index contributed by atoms with van der Waals surface area (Å²) in [4.78, 5) is 2.39. The zero-order valence-electron chi connectivity index (χ0n) is 13.6. The van der Waals surface area contributed by atoms with Crippen molar-refractivity contribution in [2.24, 2.45) is 0 Å². The van der Waals surface area contributed by atoms with Gasteiger partial charge >= 0.3 is 0 Å². The fraction of sp³-hybridized carbons (Fsp3) is 0.438. The predicted molar refractivity (Wildman–Crippen MR) is 86.5 cm³/mol. The van der Waals surface area contributed by atoms with Crippen molar-refractivity contribution in [1.82, 2.24) is 14.4 Å². The van der Waals surface area contributed by atoms with E-state index in [1.54, 1.807) is 13.8 Å². The minimum absolute atomic E-state index is 0.0418. The SMILES string of the molecule is Cc1noc(C)c1S(=O)(=O)N1CCN(C)C(c2ccccc2)C1. The van der Waals surface area contributed by atoms with E-state index in [1.165, 1.54) is 4.31 Å². The van der Waals surface area contributed by atoms with Gasteiger partial charge in [0, 0.05) is 25.7 Å². The van der Waals surface area contributed by atoms with Crippen LogP contribution in [0.2, 0.25) is 0 Å². The number of benzene rings is 1. The Kier molecular flexibility index (Phi) is 4.27. The second kappa shape index (κ2) is 6.07. The number of piperazine rings is 1. The van der Waals surface area contributed by atoms with Gasteiger partial charge in [0.1, 0.15) is 10.6 Å². The Morgan fingerprint density at radius 1 is 1.17 bits per heavy atom. The first-order valence-corrected chi connectivity index (χ1v) is 9.03. The molecule has 7 heteroatoms. The first-order valence-electron chi connectivity index (χ1n) is 7.59. The molecule has 0 bridgehead atoms. The van der Waals surface area contributed by atoms with Crippen LogP contribution >= 0.6 is 0 Å². The molecule has 0 saturated carbocycles. The first kappa shape index (κ1) is 16.2. The number of nitrogens with zero attached hydrogens (tertiary/aromatic N) is 3. The summed E-state index contributed by atoms with van der Waals surface area (Å²) < 4.78 is 32.5. The Hall–Kier alpha value is -1.70. The summed E-state index contributed by atoms with van der Waals surface area (Å²) in [5, 5.41) is 3.78. The second-order valence-corrected chi connectivity index (χ2v) is 7.80. The summed E-state index contributed by atoms with van der Waals surface area (Å²) in [6.45, 7) is 4.87. The van der Waals surface area contributed by atoms with Crippen LogP contribution < -0.4 is 0 Å². The van der Waals surface area contributed by atoms with Crippen LogP contribution in [0.4, 0.5) is 0 Å². The van der Waals surface area contributed by atoms with Gasteiger partial charge in [0.05, 0.1) is 0 Å². The zero-order chi connectivity index (χ0) is 16.6. The lowest BCUT2D eigenvalue weighted by Gasteiger charge is -2.38. The average molecular weight is 335 g/mol. The topological polar surface area (TPSA) is 66.7 Å². The molecule has 1 saturated heterocycles. The second-order valence-electron chi connectivity index (χ2n) is 5.92. The molecule has 1 unspecified atom stereocenters. The van der Waals surface area contributed by atoms with Crippen LogP contribution in [-0.4, -0.2) is 49.5 Å². The molecule has 0 aliphatic carbocycles. The zero-order valence-corrected chi connectivity index (χ0v) is 14.4. The summed E-state index contributed by atoms with van der Waals surface area (Å²) in [5.74, 6) is 0.345. The molecule has 3 rings (SSSR count). The standard InChI is InChI=1S/C16H21N3O3S/c1-12-16(13(2)22-17-12)23(20,21)19-10-9-18(3)15(11-19)14-7-5-4-6-8-14/h4-8,15H,9-11H2,1-3H3. The molecule has 1 aromatic carbocycles. The smallest absolute Gasteiger partial charge is 0.248 e. The predicted octanol–water partition coefficient (Wildman–Crippen LogP) is 1.97. The van der Waals surface area contributed by atoms with Crippen molar-refractivity contribution >= 4 is 10.0 Å². The van der Waals surface area contributed by atoms with E-state index in [9.17, 15) is 8.42 Å². The maximum absolute atomic E-state index is 13.0. The van der Waals surface area contributed by atoms with Gasteiger partial charge in [-0.3, -0.25) is 4.90 Å². The van der Waals surface area contributed by atoms with Crippen LogP contribution in [0.1, 0.15) is 23.1 Å². The normalized spacial score (nSPS) is 20.7. The first-order chi connectivity index (χ1) is 10.9. The van der Waals surface area contributed by atoms with E-state index < -0.39 is 10.0 Å². The Morgan fingerprint density at radius 3 is 2.48 bits per heavy atom. The van der Waals surface area contributed by atoms with Crippen molar-refractivity contribution in [3.05, 3.63) is 47.3 Å². The maximum atomic E-state index is 13.0. The highest BCUT2D eigenvalue weighted by Crippen LogP contribution is 2.29. The molecule has 2 heterocycles. The number of likely N-dealkylation sites (N-methyl/N-ethyl adjacent to an activating group) is 1. The number of aromatic nitrogens is 1. The number of hydrogen-bond donors (Lipinski definition) is 0. The molecule has 0 spiro atoms. The molecular formula is C16H21N3O3S. The summed E-state index contributed by atoms with van der Waals surface area (Å²) in [6, 6.07) is 10.0. The highest BCUT2D eigenvalue weighted by Gasteiger charge is 2.36. The summed E-state index contributed by atoms with van der Waals surface area (Å²) in [6.07, 6.45) is 0. The third-order valence-corrected chi connectivity index (χ3v) is 6.47. The third-order valence-electron chi connectivity index (χ3n) is 4.36. The van der Waals surface area contributed by atoms with Crippen LogP contribution in [0.15, 0.2) is 39.8 Å². The van der Waals surface area contributed by atoms with E-state index >= 15 is 0 Å². The largest absolute Gasteiger partial charge is 0.360 e. The summed E-state index contributed by atoms with van der Waals surface area (Å²) >= 11 is 0. The van der Waals surface area contributed by atoms with Crippen LogP contribution in [0, 0.1) is 13.8 Å². The average Bonchev–Trinajstić information content (AvgIpc) is 2.88. The van der Waals surface area contributed by atoms with Gasteiger partial charge in [-0.05, 0) is 26.5 Å². The van der Waals surface area contributed by atoms with Gasteiger partial charge < -0.3 is 4.52 Å². The molecule has 1 aliphatic rings. The van der Waals surface area contributed by atoms with Crippen LogP contribution in [0.5, 0.6) is 0 Å². The fourth-order valence-electron chi connectivity index (χ4n) is 3.07. The van der Waals surface area contributed by atoms with Crippen molar-refractivity contribution in [1.29, 1.82) is 0 Å². The van der Waals surface area contributed by atoms with Crippen LogP contribution in [0.25, 0.3) is 0 Å². The fourth-order valence-corrected chi connectivity index (χ4v) is 4.80. The molecule has 2 aromatic rings. The molecule has 0 amide bonds. The van der Waals surface area contributed by atoms with Gasteiger partial charge in [-0.25, -0.2) is 8.42 Å². The minimum atomic E-state index is -3.59. The highest BCUT2D eigenvalue weighted by molar-refractivity contribution is 7.89. The number of sulfonamides is 1. The molecule has 0 N–H and O–H groups in total. The molecule has 1 aliphatic heterocycles. The molecule has 1 fully saturated rings. The van der Waals surface area contributed by atoms with E-state index in [-0.39, 0.29) is 10.9 Å². The molecule has 0 radical (unpaired) electrons. The quantitative estimate of drug-likeness (QED) is 0.858. The molecule has 1 atom stereocenters. The van der Waals surface area contributed by atoms with E-state index in [0.717, 1.165) is 5.56 Å². The molecular weight excluding hydrogens is 314 g/mol. The van der Waals surface area contributed by atoms with E-state index in [0.29, 0.717) is 31.1 Å². The Bertz CT molecular complexity index is 767. The Morgan fingerprint density at radius 2 is 1.87 bits per heavy atom. The number of hydrogen-bond acceptors (Lipinski definition) is 5. The van der Waals surface area contributed by atoms with Gasteiger partial charge in [0.15, 0.2) is 5.76 Å². The van der Waals surface area contributed by atoms with Gasteiger partial charge in [0.25, 0.3) is 0 Å². The Balaban J connectivity index is 1.92. The van der Waals surface area contributed by atoms with E-state index in [2.05, 4.69) is 10.1 Å². The molecule has 1 aromatic heterocycles. The lowest BCUT2D eigenvalue weighted by molar-refractivity contribution is 0.148. The van der Waals surface area contributed by atoms with Crippen molar-refractivity contribution < 1.29 is 12.9 Å². The summed E-state index contributed by atoms with van der Waals surface area (Å²) in [7, 11) is -1.57. The van der Waals surface area contributed by atoms with Crippen molar-refractivity contribution in [2.45, 2.75) is 24.8 Å². The summed E-state index contributed by atoms with van der Waals surface area (Å²) in [5.41, 5.74) is 1.53. The van der Waals surface area contributed by atoms with Gasteiger partial charge in [-0.1, -0.05) is 35.5 Å². The van der Waals surface area contributed by atoms with Crippen molar-refractivity contribution in [3.63, 3.8) is 0 Å². The minimum Gasteiger partial charge on any atom is -0.360 e. The lowest BCUT2D eigenvalue weighted by Crippen LogP contribution is -2.49. The van der Waals surface area contributed by atoms with E-state index in [1.807, 2.05) is 37.4 Å². The molecule has 6 nitrogen and oxygen atoms in total. The van der Waals surface area contributed by atoms with Crippen LogP contribution in [-0.2, 0) is 10.0 Å². The molecule has 124 valence electrons. The van der Waals surface area contributed by atoms with Gasteiger partial charge in [-0.15, -0.1) is 0 Å². The molecule has 23 heavy (non-hydrogen) atoms. The highest BCUT2D eigenvalue weighted by atomic mass is 32.2. The lowest BCUT2D eigenvalue weighted by atomic mass is 10.0.